The number of imidazole rings is 1. The van der Waals surface area contributed by atoms with Gasteiger partial charge in [-0.1, -0.05) is 12.1 Å². The predicted octanol–water partition coefficient (Wildman–Crippen LogP) is 5.32. The van der Waals surface area contributed by atoms with Gasteiger partial charge in [-0.2, -0.15) is 0 Å². The third kappa shape index (κ3) is 6.41. The summed E-state index contributed by atoms with van der Waals surface area (Å²) in [6.45, 7) is 2.14. The lowest BCUT2D eigenvalue weighted by Crippen LogP contribution is -2.55. The Balaban J connectivity index is 1.14. The van der Waals surface area contributed by atoms with Gasteiger partial charge >= 0.3 is 11.7 Å². The molecule has 0 spiro atoms. The fourth-order valence-electron chi connectivity index (χ4n) is 6.47. The molecular formula is C32H34Br2N6O4. The molecule has 3 amide bonds. The molecule has 2 fully saturated rings. The fourth-order valence-corrected chi connectivity index (χ4v) is 7.75. The third-order valence-corrected chi connectivity index (χ3v) is 10.0. The van der Waals surface area contributed by atoms with Crippen molar-refractivity contribution in [1.82, 2.24) is 29.7 Å². The van der Waals surface area contributed by atoms with Crippen molar-refractivity contribution in [2.24, 2.45) is 0 Å². The number of halogens is 2. The van der Waals surface area contributed by atoms with Gasteiger partial charge in [0.15, 0.2) is 0 Å². The van der Waals surface area contributed by atoms with Crippen LogP contribution in [0.25, 0.3) is 11.0 Å². The average molecular weight is 726 g/mol. The summed E-state index contributed by atoms with van der Waals surface area (Å²) in [4.78, 5) is 50.9. The second-order valence-electron chi connectivity index (χ2n) is 11.5. The number of aromatic amines is 1. The number of phenolic OH excluding ortho intramolecular Hbond substituents is 1. The van der Waals surface area contributed by atoms with Crippen molar-refractivity contribution in [2.75, 3.05) is 26.2 Å². The number of hydrogen-bond acceptors (Lipinski definition) is 5. The van der Waals surface area contributed by atoms with Crippen molar-refractivity contribution in [3.63, 3.8) is 0 Å². The maximum Gasteiger partial charge on any atom is 0.326 e. The highest BCUT2D eigenvalue weighted by Gasteiger charge is 2.33. The molecule has 4 aromatic rings. The minimum absolute atomic E-state index is 0.0199. The number of urea groups is 1. The Morgan fingerprint density at radius 1 is 0.955 bits per heavy atom. The van der Waals surface area contributed by atoms with Crippen LogP contribution in [0, 0.1) is 0 Å². The van der Waals surface area contributed by atoms with Gasteiger partial charge in [-0.15, -0.1) is 0 Å². The Morgan fingerprint density at radius 3 is 2.27 bits per heavy atom. The molecule has 2 saturated heterocycles. The summed E-state index contributed by atoms with van der Waals surface area (Å²) >= 11 is 6.77. The van der Waals surface area contributed by atoms with E-state index in [1.54, 1.807) is 34.0 Å². The van der Waals surface area contributed by atoms with Crippen LogP contribution in [0.1, 0.15) is 48.8 Å². The Labute approximate surface area is 271 Å². The number of H-pyrrole nitrogens is 1. The van der Waals surface area contributed by atoms with Crippen molar-refractivity contribution in [1.29, 1.82) is 0 Å². The molecule has 0 radical (unpaired) electrons. The van der Waals surface area contributed by atoms with E-state index in [4.69, 9.17) is 0 Å². The normalized spacial score (nSPS) is 17.1. The standard InChI is InChI=1S/C32H34Br2N6O4/c33-24-17-20(18-25(34)29(24)41)19-27(30(42)38-13-7-22(8-14-38)21-5-11-35-12-6-21)37-31(43)39-15-9-23(10-16-39)40-28-4-2-1-3-26(28)36-32(40)44/h1-6,11-12,17-18,22-23,27,41H,7-10,13-16,19H2,(H,36,44)(H,37,43)/t27-/m1/s1. The number of carbonyl (C=O) groups is 2. The van der Waals surface area contributed by atoms with Crippen LogP contribution in [0.5, 0.6) is 5.75 Å². The van der Waals surface area contributed by atoms with E-state index in [0.717, 1.165) is 29.4 Å². The van der Waals surface area contributed by atoms with Crippen LogP contribution in [0.4, 0.5) is 4.79 Å². The summed E-state index contributed by atoms with van der Waals surface area (Å²) in [7, 11) is 0. The first-order valence-electron chi connectivity index (χ1n) is 14.9. The number of aromatic hydroxyl groups is 1. The van der Waals surface area contributed by atoms with Crippen LogP contribution >= 0.6 is 31.9 Å². The Bertz CT molecular complexity index is 1690. The van der Waals surface area contributed by atoms with Gasteiger partial charge in [-0.25, -0.2) is 9.59 Å². The maximum atomic E-state index is 13.9. The molecule has 0 saturated carbocycles. The van der Waals surface area contributed by atoms with E-state index in [1.165, 1.54) is 5.56 Å². The number of likely N-dealkylation sites (tertiary alicyclic amines) is 2. The summed E-state index contributed by atoms with van der Waals surface area (Å²) in [5.74, 6) is 0.327. The molecule has 2 aromatic carbocycles. The number of pyridine rings is 1. The number of nitrogens with zero attached hydrogens (tertiary/aromatic N) is 4. The number of phenols is 1. The zero-order valence-corrected chi connectivity index (χ0v) is 27.3. The zero-order chi connectivity index (χ0) is 30.8. The van der Waals surface area contributed by atoms with Gasteiger partial charge in [-0.05, 0) is 111 Å². The molecule has 0 unspecified atom stereocenters. The van der Waals surface area contributed by atoms with Crippen molar-refractivity contribution < 1.29 is 14.7 Å². The first kappa shape index (κ1) is 30.4. The van der Waals surface area contributed by atoms with E-state index in [-0.39, 0.29) is 35.8 Å². The Hall–Kier alpha value is -3.64. The van der Waals surface area contributed by atoms with E-state index in [9.17, 15) is 19.5 Å². The first-order valence-corrected chi connectivity index (χ1v) is 16.5. The fraction of sp³-hybridized carbons (Fsp3) is 0.375. The van der Waals surface area contributed by atoms with Crippen molar-refractivity contribution >= 4 is 54.8 Å². The van der Waals surface area contributed by atoms with E-state index in [0.29, 0.717) is 53.9 Å². The minimum atomic E-state index is -0.780. The van der Waals surface area contributed by atoms with Gasteiger partial charge in [0.25, 0.3) is 0 Å². The second kappa shape index (κ2) is 13.2. The second-order valence-corrected chi connectivity index (χ2v) is 13.2. The highest BCUT2D eigenvalue weighted by molar-refractivity contribution is 9.11. The van der Waals surface area contributed by atoms with Gasteiger partial charge in [-0.3, -0.25) is 14.3 Å². The summed E-state index contributed by atoms with van der Waals surface area (Å²) in [5, 5.41) is 13.2. The van der Waals surface area contributed by atoms with Gasteiger partial charge < -0.3 is 25.2 Å². The highest BCUT2D eigenvalue weighted by atomic mass is 79.9. The van der Waals surface area contributed by atoms with Crippen LogP contribution < -0.4 is 11.0 Å². The first-order chi connectivity index (χ1) is 21.3. The monoisotopic (exact) mass is 724 g/mol. The van der Waals surface area contributed by atoms with Crippen molar-refractivity contribution in [3.05, 3.63) is 91.5 Å². The SMILES string of the molecule is O=C(N[C@H](Cc1cc(Br)c(O)c(Br)c1)C(=O)N1CCC(c2ccncc2)CC1)N1CCC(n2c(=O)[nH]c3ccccc32)CC1. The maximum absolute atomic E-state index is 13.9. The van der Waals surface area contributed by atoms with Crippen LogP contribution in [0.15, 0.2) is 74.7 Å². The molecule has 1 atom stereocenters. The van der Waals surface area contributed by atoms with Crippen LogP contribution in [-0.4, -0.2) is 73.6 Å². The summed E-state index contributed by atoms with van der Waals surface area (Å²) in [6, 6.07) is 14.1. The van der Waals surface area contributed by atoms with Gasteiger partial charge in [0.2, 0.25) is 5.91 Å². The molecule has 2 aliphatic heterocycles. The van der Waals surface area contributed by atoms with Crippen LogP contribution in [0.2, 0.25) is 0 Å². The van der Waals surface area contributed by atoms with Crippen LogP contribution in [-0.2, 0) is 11.2 Å². The number of piperidine rings is 2. The molecule has 44 heavy (non-hydrogen) atoms. The largest absolute Gasteiger partial charge is 0.506 e. The molecule has 6 rings (SSSR count). The zero-order valence-electron chi connectivity index (χ0n) is 24.1. The number of nitrogens with one attached hydrogen (secondary N) is 2. The molecule has 2 aliphatic rings. The molecule has 4 heterocycles. The van der Waals surface area contributed by atoms with E-state index >= 15 is 0 Å². The lowest BCUT2D eigenvalue weighted by Gasteiger charge is -2.36. The molecule has 3 N–H and O–H groups in total. The molecule has 0 bridgehead atoms. The number of amides is 3. The van der Waals surface area contributed by atoms with Crippen molar-refractivity contribution in [2.45, 2.75) is 50.1 Å². The summed E-state index contributed by atoms with van der Waals surface area (Å²) in [5.41, 5.74) is 3.55. The van der Waals surface area contributed by atoms with E-state index in [1.807, 2.05) is 41.3 Å². The highest BCUT2D eigenvalue weighted by Crippen LogP contribution is 2.34. The van der Waals surface area contributed by atoms with E-state index in [2.05, 4.69) is 47.1 Å². The van der Waals surface area contributed by atoms with Gasteiger partial charge in [0.1, 0.15) is 11.8 Å². The number of para-hydroxylation sites is 2. The molecule has 2 aromatic heterocycles. The lowest BCUT2D eigenvalue weighted by molar-refractivity contribution is -0.134. The molecule has 230 valence electrons. The number of carbonyl (C=O) groups excluding carboxylic acids is 2. The molecule has 12 heteroatoms. The number of aromatic nitrogens is 3. The number of fused-ring (bicyclic) bond motifs is 1. The topological polar surface area (TPSA) is 124 Å². The lowest BCUT2D eigenvalue weighted by atomic mass is 9.89. The quantitative estimate of drug-likeness (QED) is 0.249. The Kier molecular flexibility index (Phi) is 9.08. The number of rotatable bonds is 6. The predicted molar refractivity (Wildman–Crippen MR) is 175 cm³/mol. The average Bonchev–Trinajstić information content (AvgIpc) is 3.39. The van der Waals surface area contributed by atoms with Gasteiger partial charge in [0, 0.05) is 51.0 Å². The van der Waals surface area contributed by atoms with Crippen molar-refractivity contribution in [3.8, 4) is 5.75 Å². The summed E-state index contributed by atoms with van der Waals surface area (Å²) in [6.07, 6.45) is 6.82. The third-order valence-electron chi connectivity index (χ3n) is 8.84. The number of hydrogen-bond donors (Lipinski definition) is 3. The van der Waals surface area contributed by atoms with Gasteiger partial charge in [0.05, 0.1) is 20.0 Å². The Morgan fingerprint density at radius 2 is 1.59 bits per heavy atom. The molecule has 0 aliphatic carbocycles. The minimum Gasteiger partial charge on any atom is -0.506 e. The van der Waals surface area contributed by atoms with E-state index < -0.39 is 6.04 Å². The molecular weight excluding hydrogens is 692 g/mol. The smallest absolute Gasteiger partial charge is 0.326 e. The number of benzene rings is 2. The van der Waals surface area contributed by atoms with Crippen LogP contribution in [0.3, 0.4) is 0 Å². The molecule has 10 nitrogen and oxygen atoms in total. The summed E-state index contributed by atoms with van der Waals surface area (Å²) < 4.78 is 2.81.